The van der Waals surface area contributed by atoms with Gasteiger partial charge in [0.15, 0.2) is 0 Å². The van der Waals surface area contributed by atoms with Gasteiger partial charge in [0.05, 0.1) is 26.4 Å². The Morgan fingerprint density at radius 3 is 1.33 bits per heavy atom. The quantitative estimate of drug-likeness (QED) is 0.159. The molecule has 264 valence electrons. The van der Waals surface area contributed by atoms with E-state index >= 15 is 0 Å². The van der Waals surface area contributed by atoms with Crippen molar-refractivity contribution in [2.75, 3.05) is 65.7 Å². The van der Waals surface area contributed by atoms with Gasteiger partial charge >= 0.3 is 0 Å². The standard InChI is InChI=1S/C8H18N2.C8H15N.C6H16N2O.C4H12N2O.C2H7N.4CH4/c9-5-7-2-1-3-8(4-7)6-10;9-5-8-4-6-1-2-7(8)3-6;1-5(7)3-9-4-6(2)8;5-1-3-7-4-2-6;1-2-3;;;;/h7-8H,1-6,9-10H2;6-8H,1-5,9H2;5-6H,3-4,7-8H2,1-2H3;1-6H2;2-3H2,1H3;4*1H4. The molecule has 3 saturated carbocycles. The Labute approximate surface area is 264 Å². The molecule has 0 aromatic heterocycles. The first-order valence-corrected chi connectivity index (χ1v) is 15.1. The summed E-state index contributed by atoms with van der Waals surface area (Å²) in [7, 11) is 0. The largest absolute Gasteiger partial charge is 0.379 e. The third-order valence-electron chi connectivity index (χ3n) is 7.03. The van der Waals surface area contributed by atoms with Crippen LogP contribution in [0.1, 0.15) is 102 Å². The van der Waals surface area contributed by atoms with Gasteiger partial charge in [-0.1, -0.05) is 49.5 Å². The lowest BCUT2D eigenvalue weighted by atomic mass is 9.81. The fourth-order valence-corrected chi connectivity index (χ4v) is 5.20. The molecular formula is C32H84N8O2. The predicted molar refractivity (Wildman–Crippen MR) is 190 cm³/mol. The van der Waals surface area contributed by atoms with Crippen molar-refractivity contribution in [2.24, 2.45) is 75.5 Å². The van der Waals surface area contributed by atoms with E-state index in [2.05, 4.69) is 0 Å². The highest BCUT2D eigenvalue weighted by atomic mass is 16.5. The number of ether oxygens (including phenoxy) is 2. The smallest absolute Gasteiger partial charge is 0.0615 e. The fourth-order valence-electron chi connectivity index (χ4n) is 5.20. The van der Waals surface area contributed by atoms with Gasteiger partial charge in [0.25, 0.3) is 0 Å². The van der Waals surface area contributed by atoms with Crippen LogP contribution in [0.4, 0.5) is 0 Å². The lowest BCUT2D eigenvalue weighted by Gasteiger charge is -2.26. The van der Waals surface area contributed by atoms with E-state index in [0.29, 0.717) is 39.5 Å². The molecule has 3 fully saturated rings. The summed E-state index contributed by atoms with van der Waals surface area (Å²) in [5.41, 5.74) is 42.7. The van der Waals surface area contributed by atoms with Crippen molar-refractivity contribution in [1.29, 1.82) is 0 Å². The third-order valence-corrected chi connectivity index (χ3v) is 7.03. The van der Waals surface area contributed by atoms with Gasteiger partial charge < -0.3 is 55.3 Å². The second-order valence-electron chi connectivity index (χ2n) is 11.1. The van der Waals surface area contributed by atoms with E-state index in [1.165, 1.54) is 51.4 Å². The van der Waals surface area contributed by atoms with E-state index < -0.39 is 0 Å². The van der Waals surface area contributed by atoms with E-state index in [0.717, 1.165) is 55.8 Å². The highest BCUT2D eigenvalue weighted by molar-refractivity contribution is 4.90. The second-order valence-corrected chi connectivity index (χ2v) is 11.1. The van der Waals surface area contributed by atoms with Crippen LogP contribution in [0.5, 0.6) is 0 Å². The molecular weight excluding hydrogens is 528 g/mol. The van der Waals surface area contributed by atoms with Crippen LogP contribution >= 0.6 is 0 Å². The molecule has 16 N–H and O–H groups in total. The molecule has 3 rings (SSSR count). The van der Waals surface area contributed by atoms with E-state index in [1.807, 2.05) is 20.8 Å². The van der Waals surface area contributed by atoms with Crippen LogP contribution in [0.25, 0.3) is 0 Å². The fraction of sp³-hybridized carbons (Fsp3) is 1.00. The lowest BCUT2D eigenvalue weighted by Crippen LogP contribution is -2.27. The van der Waals surface area contributed by atoms with Crippen molar-refractivity contribution < 1.29 is 9.47 Å². The molecule has 0 spiro atoms. The molecule has 0 amide bonds. The summed E-state index contributed by atoms with van der Waals surface area (Å²) in [4.78, 5) is 0. The first-order chi connectivity index (χ1) is 18.2. The average Bonchev–Trinajstić information content (AvgIpc) is 3.54. The summed E-state index contributed by atoms with van der Waals surface area (Å²) < 4.78 is 9.99. The van der Waals surface area contributed by atoms with Crippen LogP contribution in [0.15, 0.2) is 0 Å². The molecule has 0 radical (unpaired) electrons. The minimum atomic E-state index is 0. The number of hydrogen-bond donors (Lipinski definition) is 8. The zero-order chi connectivity index (χ0) is 29.2. The van der Waals surface area contributed by atoms with Crippen LogP contribution in [0.2, 0.25) is 0 Å². The van der Waals surface area contributed by atoms with Crippen LogP contribution < -0.4 is 45.9 Å². The molecule has 2 bridgehead atoms. The van der Waals surface area contributed by atoms with Crippen molar-refractivity contribution in [3.05, 3.63) is 0 Å². The molecule has 7 atom stereocenters. The number of fused-ring (bicyclic) bond motifs is 2. The third kappa shape index (κ3) is 32.5. The molecule has 0 heterocycles. The van der Waals surface area contributed by atoms with Gasteiger partial charge in [0.1, 0.15) is 0 Å². The summed E-state index contributed by atoms with van der Waals surface area (Å²) >= 11 is 0. The molecule has 0 aromatic carbocycles. The number of rotatable bonds is 11. The van der Waals surface area contributed by atoms with Crippen LogP contribution in [-0.2, 0) is 9.47 Å². The van der Waals surface area contributed by atoms with Gasteiger partial charge in [-0.25, -0.2) is 0 Å². The Kier molecular flexibility index (Phi) is 49.8. The summed E-state index contributed by atoms with van der Waals surface area (Å²) in [5, 5.41) is 0. The van der Waals surface area contributed by atoms with Gasteiger partial charge in [-0.15, -0.1) is 0 Å². The van der Waals surface area contributed by atoms with Gasteiger partial charge in [-0.2, -0.15) is 0 Å². The first-order valence-electron chi connectivity index (χ1n) is 15.1. The lowest BCUT2D eigenvalue weighted by molar-refractivity contribution is 0.115. The van der Waals surface area contributed by atoms with Gasteiger partial charge in [0.2, 0.25) is 0 Å². The highest BCUT2D eigenvalue weighted by Crippen LogP contribution is 2.47. The molecule has 7 unspecified atom stereocenters. The SMILES string of the molecule is C.C.C.C.CC(N)COCC(C)N.CCN.NCC1CC2CCC1C2.NCC1CCCC(CN)C1.NCCOCCN. The summed E-state index contributed by atoms with van der Waals surface area (Å²) in [6.07, 6.45) is 11.2. The maximum Gasteiger partial charge on any atom is 0.0615 e. The molecule has 0 aliphatic heterocycles. The first kappa shape index (κ1) is 54.1. The van der Waals surface area contributed by atoms with E-state index in [4.69, 9.17) is 55.3 Å². The van der Waals surface area contributed by atoms with Gasteiger partial charge in [-0.3, -0.25) is 0 Å². The number of nitrogens with two attached hydrogens (primary N) is 8. The van der Waals surface area contributed by atoms with Gasteiger partial charge in [0, 0.05) is 25.2 Å². The zero-order valence-corrected chi connectivity index (χ0v) is 25.2. The van der Waals surface area contributed by atoms with Crippen LogP contribution in [0.3, 0.4) is 0 Å². The average molecular weight is 613 g/mol. The normalized spacial score (nSPS) is 24.2. The molecule has 0 aromatic rings. The Morgan fingerprint density at radius 2 is 1.07 bits per heavy atom. The monoisotopic (exact) mass is 613 g/mol. The van der Waals surface area contributed by atoms with Crippen molar-refractivity contribution in [1.82, 2.24) is 0 Å². The summed E-state index contributed by atoms with van der Waals surface area (Å²) in [5.74, 6) is 4.54. The van der Waals surface area contributed by atoms with Crippen molar-refractivity contribution in [3.63, 3.8) is 0 Å². The zero-order valence-electron chi connectivity index (χ0n) is 25.2. The van der Waals surface area contributed by atoms with E-state index in [-0.39, 0.29) is 41.8 Å². The Balaban J connectivity index is -0.0000000973. The van der Waals surface area contributed by atoms with E-state index in [9.17, 15) is 0 Å². The molecule has 0 saturated heterocycles. The Morgan fingerprint density at radius 1 is 0.619 bits per heavy atom. The minimum Gasteiger partial charge on any atom is -0.379 e. The summed E-state index contributed by atoms with van der Waals surface area (Å²) in [6, 6.07) is 0.229. The molecule has 3 aliphatic rings. The topological polar surface area (TPSA) is 227 Å². The maximum absolute atomic E-state index is 5.62. The Bertz CT molecular complexity index is 454. The molecule has 3 aliphatic carbocycles. The van der Waals surface area contributed by atoms with E-state index in [1.54, 1.807) is 0 Å². The second kappa shape index (κ2) is 38.6. The van der Waals surface area contributed by atoms with Crippen molar-refractivity contribution in [2.45, 2.75) is 114 Å². The Hall–Kier alpha value is -0.400. The minimum absolute atomic E-state index is 0. The molecule has 42 heavy (non-hydrogen) atoms. The predicted octanol–water partition coefficient (Wildman–Crippen LogP) is 3.22. The van der Waals surface area contributed by atoms with Crippen LogP contribution in [0, 0.1) is 29.6 Å². The molecule has 10 nitrogen and oxygen atoms in total. The maximum atomic E-state index is 5.62. The molecule has 10 heteroatoms. The van der Waals surface area contributed by atoms with Crippen molar-refractivity contribution in [3.8, 4) is 0 Å². The number of hydrogen-bond acceptors (Lipinski definition) is 10. The van der Waals surface area contributed by atoms with Gasteiger partial charge in [-0.05, 0) is 108 Å². The van der Waals surface area contributed by atoms with Crippen molar-refractivity contribution >= 4 is 0 Å². The summed E-state index contributed by atoms with van der Waals surface area (Å²) in [6.45, 7) is 12.7. The highest BCUT2D eigenvalue weighted by Gasteiger charge is 2.38. The van der Waals surface area contributed by atoms with Crippen LogP contribution in [-0.4, -0.2) is 77.8 Å².